The number of aromatic amines is 1. The summed E-state index contributed by atoms with van der Waals surface area (Å²) in [5.41, 5.74) is 11.3. The minimum absolute atomic E-state index is 0.0213. The number of fused-ring (bicyclic) bond motifs is 1. The summed E-state index contributed by atoms with van der Waals surface area (Å²) in [5, 5.41) is 3.12. The number of para-hydroxylation sites is 1. The largest absolute Gasteiger partial charge is 0.436 e. The van der Waals surface area contributed by atoms with Crippen molar-refractivity contribution in [3.05, 3.63) is 58.4 Å². The molecule has 4 aromatic rings. The number of methoxy groups -OCH3 is 1. The number of nitrogen functional groups attached to an aromatic ring is 1. The average Bonchev–Trinajstić information content (AvgIpc) is 3.34. The van der Waals surface area contributed by atoms with Gasteiger partial charge in [-0.25, -0.2) is 9.97 Å². The summed E-state index contributed by atoms with van der Waals surface area (Å²) < 4.78 is 53.0. The maximum Gasteiger partial charge on any atom is 0.416 e. The van der Waals surface area contributed by atoms with Crippen LogP contribution in [0.4, 0.5) is 30.6 Å². The van der Waals surface area contributed by atoms with Crippen LogP contribution in [0.15, 0.2) is 47.3 Å². The smallest absolute Gasteiger partial charge is 0.416 e. The van der Waals surface area contributed by atoms with Crippen LogP contribution in [0.5, 0.6) is 11.6 Å². The van der Waals surface area contributed by atoms with Gasteiger partial charge in [0.15, 0.2) is 11.6 Å². The number of H-pyrrole nitrogens is 1. The highest BCUT2D eigenvalue weighted by atomic mass is 19.4. The second-order valence-corrected chi connectivity index (χ2v) is 10.6. The van der Waals surface area contributed by atoms with E-state index < -0.39 is 29.2 Å². The normalized spacial score (nSPS) is 17.5. The Bertz CT molecular complexity index is 1760. The Balaban J connectivity index is 1.68. The fourth-order valence-corrected chi connectivity index (χ4v) is 5.29. The Hall–Kier alpha value is -4.92. The first-order valence-corrected chi connectivity index (χ1v) is 13.8. The van der Waals surface area contributed by atoms with E-state index in [1.807, 2.05) is 13.8 Å². The summed E-state index contributed by atoms with van der Waals surface area (Å²) >= 11 is 0. The summed E-state index contributed by atoms with van der Waals surface area (Å²) in [4.78, 5) is 41.8. The zero-order valence-corrected chi connectivity index (χ0v) is 24.1. The van der Waals surface area contributed by atoms with E-state index in [0.717, 1.165) is 12.1 Å². The number of aromatic nitrogens is 4. The van der Waals surface area contributed by atoms with E-state index in [1.165, 1.54) is 19.2 Å². The van der Waals surface area contributed by atoms with Gasteiger partial charge in [-0.3, -0.25) is 9.59 Å². The molecule has 0 aliphatic carbocycles. The fraction of sp³-hybridized carbons (Fsp3) is 0.345. The van der Waals surface area contributed by atoms with Crippen LogP contribution in [-0.4, -0.2) is 57.7 Å². The number of nitrogens with one attached hydrogen (secondary N) is 2. The third-order valence-electron chi connectivity index (χ3n) is 7.30. The van der Waals surface area contributed by atoms with E-state index in [0.29, 0.717) is 30.5 Å². The quantitative estimate of drug-likeness (QED) is 0.216. The zero-order chi connectivity index (χ0) is 31.8. The van der Waals surface area contributed by atoms with E-state index >= 15 is 0 Å². The van der Waals surface area contributed by atoms with Crippen molar-refractivity contribution >= 4 is 34.4 Å². The minimum atomic E-state index is -4.63. The van der Waals surface area contributed by atoms with Crippen LogP contribution in [-0.2, 0) is 15.7 Å². The molecule has 0 bridgehead atoms. The lowest BCUT2D eigenvalue weighted by Crippen LogP contribution is -2.43. The molecule has 3 atom stereocenters. The SMILES string of the molecule is COC[C@H](C)Nc1nc(Oc2cccc3[nH]c(=O)c(N)nc23)cc(-c2ccc(C(F)(F)F)cc2N2[C@H](C)CC[C@H]2C(N)=O)n1. The van der Waals surface area contributed by atoms with Crippen molar-refractivity contribution in [3.63, 3.8) is 0 Å². The molecular formula is C29H31F3N8O4. The van der Waals surface area contributed by atoms with E-state index in [9.17, 15) is 22.8 Å². The number of benzene rings is 2. The third kappa shape index (κ3) is 6.22. The molecule has 1 aliphatic heterocycles. The van der Waals surface area contributed by atoms with Crippen molar-refractivity contribution in [1.29, 1.82) is 0 Å². The second-order valence-electron chi connectivity index (χ2n) is 10.6. The molecule has 12 nitrogen and oxygen atoms in total. The first-order chi connectivity index (χ1) is 20.8. The number of halogens is 3. The van der Waals surface area contributed by atoms with Crippen LogP contribution >= 0.6 is 0 Å². The van der Waals surface area contributed by atoms with Crippen LogP contribution in [0, 0.1) is 0 Å². The molecule has 15 heteroatoms. The fourth-order valence-electron chi connectivity index (χ4n) is 5.29. The lowest BCUT2D eigenvalue weighted by molar-refractivity contribution is -0.137. The average molecular weight is 613 g/mol. The minimum Gasteiger partial charge on any atom is -0.436 e. The number of anilines is 3. The highest BCUT2D eigenvalue weighted by Crippen LogP contribution is 2.42. The topological polar surface area (TPSA) is 174 Å². The Morgan fingerprint density at radius 3 is 2.66 bits per heavy atom. The predicted octanol–water partition coefficient (Wildman–Crippen LogP) is 4.06. The maximum atomic E-state index is 13.9. The van der Waals surface area contributed by atoms with Gasteiger partial charge in [-0.15, -0.1) is 0 Å². The highest BCUT2D eigenvalue weighted by Gasteiger charge is 2.38. The lowest BCUT2D eigenvalue weighted by Gasteiger charge is -2.31. The highest BCUT2D eigenvalue weighted by molar-refractivity contribution is 5.88. The maximum absolute atomic E-state index is 13.9. The van der Waals surface area contributed by atoms with Gasteiger partial charge in [-0.05, 0) is 51.0 Å². The van der Waals surface area contributed by atoms with Crippen molar-refractivity contribution in [1.82, 2.24) is 19.9 Å². The first kappa shape index (κ1) is 30.5. The number of ether oxygens (including phenoxy) is 2. The van der Waals surface area contributed by atoms with E-state index in [4.69, 9.17) is 20.9 Å². The molecule has 1 amide bonds. The Morgan fingerprint density at radius 1 is 1.18 bits per heavy atom. The van der Waals surface area contributed by atoms with Gasteiger partial charge in [-0.1, -0.05) is 12.1 Å². The number of amides is 1. The van der Waals surface area contributed by atoms with Gasteiger partial charge in [0.1, 0.15) is 11.6 Å². The Labute approximate surface area is 249 Å². The standard InChI is InChI=1S/C29H31F3N8O4/c1-14(13-43-3)35-28-37-19(12-23(38-28)44-22-6-4-5-18-24(22)39-25(33)27(42)36-18)17-9-8-16(29(30,31)32)11-21(17)40-15(2)7-10-20(40)26(34)41/h4-6,8-9,11-12,14-15,20H,7,10,13H2,1-3H3,(H2,33,39)(H2,34,41)(H,36,42)(H,35,37,38)/t14-,15+,20-/m0/s1. The molecule has 0 saturated carbocycles. The van der Waals surface area contributed by atoms with Gasteiger partial charge >= 0.3 is 6.18 Å². The van der Waals surface area contributed by atoms with E-state index in [1.54, 1.807) is 23.1 Å². The first-order valence-electron chi connectivity index (χ1n) is 13.8. The number of alkyl halides is 3. The molecule has 0 spiro atoms. The van der Waals surface area contributed by atoms with Crippen molar-refractivity contribution in [2.75, 3.05) is 29.7 Å². The van der Waals surface area contributed by atoms with Gasteiger partial charge < -0.3 is 36.1 Å². The Morgan fingerprint density at radius 2 is 1.95 bits per heavy atom. The molecule has 1 aliphatic rings. The lowest BCUT2D eigenvalue weighted by atomic mass is 10.0. The van der Waals surface area contributed by atoms with Crippen LogP contribution in [0.25, 0.3) is 22.3 Å². The number of hydrogen-bond acceptors (Lipinski definition) is 10. The number of primary amides is 1. The molecular weight excluding hydrogens is 581 g/mol. The molecule has 6 N–H and O–H groups in total. The number of hydrogen-bond donors (Lipinski definition) is 4. The molecule has 3 heterocycles. The molecule has 44 heavy (non-hydrogen) atoms. The van der Waals surface area contributed by atoms with E-state index in [2.05, 4.69) is 25.3 Å². The Kier molecular flexibility index (Phi) is 8.32. The number of carbonyl (C=O) groups excluding carboxylic acids is 1. The molecule has 1 saturated heterocycles. The summed E-state index contributed by atoms with van der Waals surface area (Å²) in [5.74, 6) is -0.560. The summed E-state index contributed by atoms with van der Waals surface area (Å²) in [6, 6.07) is 8.26. The number of carbonyl (C=O) groups is 1. The van der Waals surface area contributed by atoms with Crippen LogP contribution in [0.2, 0.25) is 0 Å². The number of rotatable bonds is 9. The van der Waals surface area contributed by atoms with Gasteiger partial charge in [-0.2, -0.15) is 18.2 Å². The summed E-state index contributed by atoms with van der Waals surface area (Å²) in [6.07, 6.45) is -3.68. The van der Waals surface area contributed by atoms with Crippen LogP contribution < -0.4 is 32.0 Å². The van der Waals surface area contributed by atoms with Crippen LogP contribution in [0.3, 0.4) is 0 Å². The molecule has 0 radical (unpaired) electrons. The summed E-state index contributed by atoms with van der Waals surface area (Å²) in [6.45, 7) is 3.96. The molecule has 1 fully saturated rings. The van der Waals surface area contributed by atoms with Gasteiger partial charge in [0.25, 0.3) is 5.56 Å². The summed E-state index contributed by atoms with van der Waals surface area (Å²) in [7, 11) is 1.54. The molecule has 2 aromatic heterocycles. The third-order valence-corrected chi connectivity index (χ3v) is 7.30. The monoisotopic (exact) mass is 612 g/mol. The molecule has 2 aromatic carbocycles. The molecule has 232 valence electrons. The molecule has 5 rings (SSSR count). The van der Waals surface area contributed by atoms with E-state index in [-0.39, 0.29) is 52.4 Å². The predicted molar refractivity (Wildman–Crippen MR) is 158 cm³/mol. The number of nitrogens with zero attached hydrogens (tertiary/aromatic N) is 4. The number of nitrogens with two attached hydrogens (primary N) is 2. The van der Waals surface area contributed by atoms with Crippen molar-refractivity contribution < 1.29 is 27.4 Å². The van der Waals surface area contributed by atoms with Crippen molar-refractivity contribution in [3.8, 4) is 22.9 Å². The van der Waals surface area contributed by atoms with Crippen LogP contribution in [0.1, 0.15) is 32.3 Å². The second kappa shape index (κ2) is 12.0. The molecule has 0 unspecified atom stereocenters. The van der Waals surface area contributed by atoms with Gasteiger partial charge in [0, 0.05) is 36.5 Å². The van der Waals surface area contributed by atoms with Gasteiger partial charge in [0.2, 0.25) is 17.7 Å². The zero-order valence-electron chi connectivity index (χ0n) is 24.1. The van der Waals surface area contributed by atoms with Crippen molar-refractivity contribution in [2.24, 2.45) is 5.73 Å². The van der Waals surface area contributed by atoms with Gasteiger partial charge in [0.05, 0.1) is 23.4 Å². The van der Waals surface area contributed by atoms with Crippen molar-refractivity contribution in [2.45, 2.75) is 51.0 Å².